The van der Waals surface area contributed by atoms with E-state index in [9.17, 15) is 13.9 Å². The Morgan fingerprint density at radius 1 is 1.19 bits per heavy atom. The average molecular weight is 389 g/mol. The zero-order valence-corrected chi connectivity index (χ0v) is 15.7. The average Bonchev–Trinajstić information content (AvgIpc) is 3.07. The summed E-state index contributed by atoms with van der Waals surface area (Å²) in [6, 6.07) is 7.19. The van der Waals surface area contributed by atoms with Gasteiger partial charge < -0.3 is 5.11 Å². The zero-order chi connectivity index (χ0) is 19.0. The summed E-state index contributed by atoms with van der Waals surface area (Å²) in [5, 5.41) is 14.0. The molecule has 0 amide bonds. The van der Waals surface area contributed by atoms with Crippen molar-refractivity contribution in [1.82, 2.24) is 14.6 Å². The molecule has 0 bridgehead atoms. The molecule has 4 nitrogen and oxygen atoms in total. The molecule has 1 atom stereocenters. The van der Waals surface area contributed by atoms with Crippen LogP contribution in [0.15, 0.2) is 30.3 Å². The molecule has 1 N–H and O–H groups in total. The summed E-state index contributed by atoms with van der Waals surface area (Å²) in [5.41, 5.74) is 1.79. The first-order chi connectivity index (χ1) is 13.0. The number of benzene rings is 1. The number of halogens is 2. The maximum atomic E-state index is 14.1. The number of fused-ring (bicyclic) bond motifs is 1. The molecule has 1 fully saturated rings. The van der Waals surface area contributed by atoms with E-state index in [1.807, 2.05) is 6.07 Å². The Balaban J connectivity index is 1.65. The third-order valence-corrected chi connectivity index (χ3v) is 5.80. The lowest BCUT2D eigenvalue weighted by atomic mass is 9.86. The van der Waals surface area contributed by atoms with E-state index in [-0.39, 0.29) is 11.4 Å². The number of thiol groups is 1. The second-order valence-corrected chi connectivity index (χ2v) is 7.72. The van der Waals surface area contributed by atoms with Crippen LogP contribution in [0.5, 0.6) is 5.88 Å². The van der Waals surface area contributed by atoms with Crippen molar-refractivity contribution in [3.63, 3.8) is 0 Å². The summed E-state index contributed by atoms with van der Waals surface area (Å²) in [6.07, 6.45) is 7.08. The molecule has 3 aromatic rings. The molecule has 0 radical (unpaired) electrons. The van der Waals surface area contributed by atoms with Crippen LogP contribution in [0.3, 0.4) is 0 Å². The lowest BCUT2D eigenvalue weighted by Crippen LogP contribution is -2.09. The Kier molecular flexibility index (Phi) is 5.04. The minimum absolute atomic E-state index is 0.0801. The van der Waals surface area contributed by atoms with Gasteiger partial charge in [0.1, 0.15) is 0 Å². The van der Waals surface area contributed by atoms with Crippen molar-refractivity contribution in [3.05, 3.63) is 58.9 Å². The van der Waals surface area contributed by atoms with E-state index in [0.29, 0.717) is 17.3 Å². The van der Waals surface area contributed by atoms with Crippen molar-refractivity contribution in [2.24, 2.45) is 5.92 Å². The van der Waals surface area contributed by atoms with Gasteiger partial charge in [-0.3, -0.25) is 0 Å². The number of aromatic hydroxyl groups is 1. The van der Waals surface area contributed by atoms with E-state index in [2.05, 4.69) is 22.7 Å². The Labute approximate surface area is 161 Å². The summed E-state index contributed by atoms with van der Waals surface area (Å²) in [5.74, 6) is -1.37. The highest BCUT2D eigenvalue weighted by molar-refractivity contribution is 7.80. The summed E-state index contributed by atoms with van der Waals surface area (Å²) >= 11 is 4.40. The molecule has 1 aromatic carbocycles. The Bertz CT molecular complexity index is 969. The van der Waals surface area contributed by atoms with Crippen molar-refractivity contribution in [3.8, 4) is 5.88 Å². The molecule has 142 valence electrons. The van der Waals surface area contributed by atoms with Crippen LogP contribution in [0, 0.1) is 17.6 Å². The molecule has 1 saturated carbocycles. The van der Waals surface area contributed by atoms with Crippen molar-refractivity contribution < 1.29 is 13.9 Å². The van der Waals surface area contributed by atoms with Crippen LogP contribution in [0.25, 0.3) is 5.65 Å². The lowest BCUT2D eigenvalue weighted by molar-refractivity contribution is 0.353. The van der Waals surface area contributed by atoms with E-state index in [4.69, 9.17) is 0 Å². The van der Waals surface area contributed by atoms with Crippen molar-refractivity contribution in [2.75, 3.05) is 0 Å². The molecule has 1 aliphatic carbocycles. The molecule has 0 spiro atoms. The second kappa shape index (κ2) is 7.46. The van der Waals surface area contributed by atoms with Crippen LogP contribution in [0.4, 0.5) is 8.78 Å². The van der Waals surface area contributed by atoms with Gasteiger partial charge in [-0.15, -0.1) is 0 Å². The first kappa shape index (κ1) is 18.2. The topological polar surface area (TPSA) is 50.4 Å². The predicted octanol–water partition coefficient (Wildman–Crippen LogP) is 4.86. The van der Waals surface area contributed by atoms with Gasteiger partial charge in [0, 0.05) is 17.7 Å². The summed E-state index contributed by atoms with van der Waals surface area (Å²) < 4.78 is 29.0. The van der Waals surface area contributed by atoms with Gasteiger partial charge in [0.2, 0.25) is 5.88 Å². The molecular formula is C20H21F2N3OS. The predicted molar refractivity (Wildman–Crippen MR) is 102 cm³/mol. The summed E-state index contributed by atoms with van der Waals surface area (Å²) in [6.45, 7) is 0. The minimum Gasteiger partial charge on any atom is -0.493 e. The van der Waals surface area contributed by atoms with Gasteiger partial charge >= 0.3 is 0 Å². The maximum absolute atomic E-state index is 14.1. The first-order valence-electron chi connectivity index (χ1n) is 9.23. The van der Waals surface area contributed by atoms with Crippen LogP contribution in [0.1, 0.15) is 54.3 Å². The molecule has 2 aromatic heterocycles. The van der Waals surface area contributed by atoms with Gasteiger partial charge in [-0.25, -0.2) is 13.8 Å². The molecule has 1 aliphatic rings. The molecule has 7 heteroatoms. The normalized spacial score (nSPS) is 16.7. The highest BCUT2D eigenvalue weighted by Gasteiger charge is 2.21. The fraction of sp³-hybridized carbons (Fsp3) is 0.400. The lowest BCUT2D eigenvalue weighted by Gasteiger charge is -2.20. The van der Waals surface area contributed by atoms with Crippen LogP contribution >= 0.6 is 12.6 Å². The monoisotopic (exact) mass is 389 g/mol. The standard InChI is InChI=1S/C20H21F2N3OS/c21-15-8-4-7-14(19(15)22)20(27)16-11-18(26)25-17(23-16)10-13(24-25)9-12-5-2-1-3-6-12/h4,7-8,10-12,20,26-27H,1-3,5-6,9H2. The number of nitrogens with zero attached hydrogens (tertiary/aromatic N) is 3. The van der Waals surface area contributed by atoms with Gasteiger partial charge in [0.25, 0.3) is 0 Å². The Hall–Kier alpha value is -2.15. The van der Waals surface area contributed by atoms with Crippen molar-refractivity contribution >= 4 is 18.3 Å². The number of rotatable bonds is 4. The zero-order valence-electron chi connectivity index (χ0n) is 14.8. The summed E-state index contributed by atoms with van der Waals surface area (Å²) in [4.78, 5) is 4.47. The highest BCUT2D eigenvalue weighted by atomic mass is 32.1. The molecular weight excluding hydrogens is 368 g/mol. The third-order valence-electron chi connectivity index (χ3n) is 5.26. The van der Waals surface area contributed by atoms with E-state index >= 15 is 0 Å². The van der Waals surface area contributed by atoms with Gasteiger partial charge in [-0.2, -0.15) is 22.2 Å². The fourth-order valence-corrected chi connectivity index (χ4v) is 4.17. The smallest absolute Gasteiger partial charge is 0.215 e. The SMILES string of the molecule is Oc1cc(C(S)c2cccc(F)c2F)nc2cc(CC3CCCCC3)nn12. The van der Waals surface area contributed by atoms with E-state index in [1.165, 1.54) is 54.8 Å². The molecule has 1 unspecified atom stereocenters. The molecule has 0 saturated heterocycles. The van der Waals surface area contributed by atoms with Crippen LogP contribution < -0.4 is 0 Å². The molecule has 27 heavy (non-hydrogen) atoms. The third kappa shape index (κ3) is 3.65. The molecule has 0 aliphatic heterocycles. The molecule has 4 rings (SSSR count). The van der Waals surface area contributed by atoms with Gasteiger partial charge in [0.05, 0.1) is 16.6 Å². The van der Waals surface area contributed by atoms with E-state index in [0.717, 1.165) is 18.2 Å². The largest absolute Gasteiger partial charge is 0.493 e. The van der Waals surface area contributed by atoms with Gasteiger partial charge in [-0.1, -0.05) is 44.2 Å². The van der Waals surface area contributed by atoms with Crippen molar-refractivity contribution in [2.45, 2.75) is 43.8 Å². The Morgan fingerprint density at radius 2 is 1.96 bits per heavy atom. The Morgan fingerprint density at radius 3 is 2.74 bits per heavy atom. The first-order valence-corrected chi connectivity index (χ1v) is 9.75. The number of aromatic nitrogens is 3. The van der Waals surface area contributed by atoms with E-state index in [1.54, 1.807) is 0 Å². The fourth-order valence-electron chi connectivity index (χ4n) is 3.84. The number of hydrogen-bond donors (Lipinski definition) is 2. The van der Waals surface area contributed by atoms with Crippen LogP contribution in [-0.4, -0.2) is 19.7 Å². The van der Waals surface area contributed by atoms with Gasteiger partial charge in [-0.05, 0) is 18.4 Å². The second-order valence-electron chi connectivity index (χ2n) is 7.20. The maximum Gasteiger partial charge on any atom is 0.215 e. The van der Waals surface area contributed by atoms with Crippen LogP contribution in [-0.2, 0) is 6.42 Å². The quantitative estimate of drug-likeness (QED) is 0.627. The molecule has 2 heterocycles. The minimum atomic E-state index is -0.954. The van der Waals surface area contributed by atoms with E-state index < -0.39 is 16.9 Å². The van der Waals surface area contributed by atoms with Gasteiger partial charge in [0.15, 0.2) is 17.3 Å². The summed E-state index contributed by atoms with van der Waals surface area (Å²) in [7, 11) is 0. The highest BCUT2D eigenvalue weighted by Crippen LogP contribution is 2.32. The van der Waals surface area contributed by atoms with Crippen molar-refractivity contribution in [1.29, 1.82) is 0 Å². The van der Waals surface area contributed by atoms with Crippen LogP contribution in [0.2, 0.25) is 0 Å². The number of hydrogen-bond acceptors (Lipinski definition) is 4.